The second-order valence-corrected chi connectivity index (χ2v) is 3.60. The van der Waals surface area contributed by atoms with Crippen molar-refractivity contribution in [3.8, 4) is 0 Å². The first-order chi connectivity index (χ1) is 8.81. The molecule has 7 nitrogen and oxygen atoms in total. The number of methoxy groups -OCH3 is 1. The van der Waals surface area contributed by atoms with Crippen molar-refractivity contribution in [2.75, 3.05) is 7.11 Å². The number of ether oxygens (including phenoxy) is 1. The number of nitrogens with zero attached hydrogens (tertiary/aromatic N) is 3. The fraction of sp³-hybridized carbons (Fsp3) is 0.273. The fourth-order valence-corrected chi connectivity index (χ4v) is 1.54. The Bertz CT molecular complexity index is 512. The van der Waals surface area contributed by atoms with Gasteiger partial charge in [0, 0.05) is 12.7 Å². The van der Waals surface area contributed by atoms with Crippen LogP contribution in [0.15, 0.2) is 24.3 Å². The molecule has 2 aromatic rings. The Morgan fingerprint density at radius 3 is 3.00 bits per heavy atom. The smallest absolute Gasteiger partial charge is 0.252 e. The minimum atomic E-state index is -0.188. The third-order valence-corrected chi connectivity index (χ3v) is 2.36. The number of carbonyl (C=O) groups excluding carboxylic acids is 1. The second-order valence-electron chi connectivity index (χ2n) is 3.60. The van der Waals surface area contributed by atoms with Gasteiger partial charge in [0.2, 0.25) is 0 Å². The van der Waals surface area contributed by atoms with Crippen LogP contribution >= 0.6 is 0 Å². The molecule has 18 heavy (non-hydrogen) atoms. The van der Waals surface area contributed by atoms with Crippen LogP contribution in [-0.2, 0) is 17.9 Å². The van der Waals surface area contributed by atoms with Crippen LogP contribution in [0.4, 0.5) is 0 Å². The highest BCUT2D eigenvalue weighted by Crippen LogP contribution is 2.09. The summed E-state index contributed by atoms with van der Waals surface area (Å²) in [5.74, 6) is 0.250. The molecule has 0 aliphatic rings. The molecule has 7 heteroatoms. The summed E-state index contributed by atoms with van der Waals surface area (Å²) in [4.78, 5) is 12.0. The Morgan fingerprint density at radius 1 is 1.44 bits per heavy atom. The van der Waals surface area contributed by atoms with E-state index in [1.54, 1.807) is 13.2 Å². The van der Waals surface area contributed by atoms with Gasteiger partial charge in [-0.05, 0) is 11.6 Å². The van der Waals surface area contributed by atoms with Gasteiger partial charge in [0.25, 0.3) is 5.91 Å². The molecular weight excluding hydrogens is 234 g/mol. The van der Waals surface area contributed by atoms with Gasteiger partial charge in [-0.2, -0.15) is 5.21 Å². The fourth-order valence-electron chi connectivity index (χ4n) is 1.54. The Labute approximate surface area is 104 Å². The maximum Gasteiger partial charge on any atom is 0.252 e. The highest BCUT2D eigenvalue weighted by atomic mass is 16.5. The lowest BCUT2D eigenvalue weighted by atomic mass is 10.1. The summed E-state index contributed by atoms with van der Waals surface area (Å²) in [6.07, 6.45) is 0. The van der Waals surface area contributed by atoms with Crippen molar-refractivity contribution in [2.45, 2.75) is 13.2 Å². The van der Waals surface area contributed by atoms with Crippen LogP contribution in [-0.4, -0.2) is 33.6 Å². The van der Waals surface area contributed by atoms with Crippen molar-refractivity contribution >= 4 is 5.91 Å². The Hall–Kier alpha value is -2.28. The van der Waals surface area contributed by atoms with E-state index in [-0.39, 0.29) is 12.5 Å². The van der Waals surface area contributed by atoms with E-state index >= 15 is 0 Å². The minimum Gasteiger partial charge on any atom is -0.380 e. The molecular formula is C11H13N5O2. The number of nitrogens with one attached hydrogen (secondary N) is 2. The first-order valence-electron chi connectivity index (χ1n) is 5.38. The molecule has 0 saturated heterocycles. The predicted molar refractivity (Wildman–Crippen MR) is 62.5 cm³/mol. The number of rotatable bonds is 5. The maximum absolute atomic E-state index is 12.0. The second kappa shape index (κ2) is 5.87. The number of aromatic amines is 1. The number of carbonyl (C=O) groups is 1. The van der Waals surface area contributed by atoms with E-state index in [1.807, 2.05) is 18.2 Å². The third-order valence-electron chi connectivity index (χ3n) is 2.36. The van der Waals surface area contributed by atoms with Crippen LogP contribution in [0.1, 0.15) is 21.7 Å². The molecule has 2 rings (SSSR count). The molecule has 1 heterocycles. The first kappa shape index (κ1) is 12.2. The molecule has 0 aliphatic heterocycles. The summed E-state index contributed by atoms with van der Waals surface area (Å²) in [5, 5.41) is 16.0. The number of H-pyrrole nitrogens is 1. The quantitative estimate of drug-likeness (QED) is 0.791. The number of amides is 1. The average molecular weight is 247 g/mol. The van der Waals surface area contributed by atoms with Crippen molar-refractivity contribution in [1.29, 1.82) is 0 Å². The third kappa shape index (κ3) is 2.89. The predicted octanol–water partition coefficient (Wildman–Crippen LogP) is 0.276. The molecule has 0 atom stereocenters. The van der Waals surface area contributed by atoms with Gasteiger partial charge in [0.15, 0.2) is 5.82 Å². The van der Waals surface area contributed by atoms with Crippen LogP contribution in [0.5, 0.6) is 0 Å². The minimum absolute atomic E-state index is 0.188. The number of aromatic nitrogens is 4. The lowest BCUT2D eigenvalue weighted by Crippen LogP contribution is -2.24. The molecule has 0 unspecified atom stereocenters. The normalized spacial score (nSPS) is 10.3. The van der Waals surface area contributed by atoms with Crippen LogP contribution in [0.3, 0.4) is 0 Å². The van der Waals surface area contributed by atoms with E-state index in [9.17, 15) is 4.79 Å². The van der Waals surface area contributed by atoms with Crippen molar-refractivity contribution in [3.05, 3.63) is 41.2 Å². The molecule has 0 saturated carbocycles. The standard InChI is InChI=1S/C11H13N5O2/c1-18-7-8-4-2-3-5-9(8)11(17)12-6-10-13-15-16-14-10/h2-5H,6-7H2,1H3,(H,12,17)(H,13,14,15,16). The molecule has 94 valence electrons. The van der Waals surface area contributed by atoms with Gasteiger partial charge in [-0.3, -0.25) is 4.79 Å². The number of tetrazole rings is 1. The van der Waals surface area contributed by atoms with Gasteiger partial charge < -0.3 is 10.1 Å². The van der Waals surface area contributed by atoms with Gasteiger partial charge in [-0.15, -0.1) is 10.2 Å². The Kier molecular flexibility index (Phi) is 3.98. The van der Waals surface area contributed by atoms with Crippen molar-refractivity contribution in [2.24, 2.45) is 0 Å². The Morgan fingerprint density at radius 2 is 2.28 bits per heavy atom. The van der Waals surface area contributed by atoms with Gasteiger partial charge in [-0.1, -0.05) is 23.4 Å². The summed E-state index contributed by atoms with van der Waals surface area (Å²) in [5.41, 5.74) is 1.42. The first-order valence-corrected chi connectivity index (χ1v) is 5.38. The molecule has 0 aliphatic carbocycles. The molecule has 0 radical (unpaired) electrons. The summed E-state index contributed by atoms with van der Waals surface area (Å²) in [6, 6.07) is 7.28. The lowest BCUT2D eigenvalue weighted by Gasteiger charge is -2.08. The van der Waals surface area contributed by atoms with E-state index in [1.165, 1.54) is 0 Å². The van der Waals surface area contributed by atoms with E-state index < -0.39 is 0 Å². The van der Waals surface area contributed by atoms with Crippen molar-refractivity contribution < 1.29 is 9.53 Å². The maximum atomic E-state index is 12.0. The van der Waals surface area contributed by atoms with Crippen molar-refractivity contribution in [3.63, 3.8) is 0 Å². The van der Waals surface area contributed by atoms with E-state index in [2.05, 4.69) is 25.9 Å². The molecule has 1 aromatic carbocycles. The summed E-state index contributed by atoms with van der Waals surface area (Å²) < 4.78 is 5.05. The lowest BCUT2D eigenvalue weighted by molar-refractivity contribution is 0.0945. The largest absolute Gasteiger partial charge is 0.380 e. The molecule has 1 aromatic heterocycles. The van der Waals surface area contributed by atoms with Gasteiger partial charge in [0.05, 0.1) is 13.2 Å². The van der Waals surface area contributed by atoms with E-state index in [4.69, 9.17) is 4.74 Å². The van der Waals surface area contributed by atoms with E-state index in [0.29, 0.717) is 18.0 Å². The zero-order chi connectivity index (χ0) is 12.8. The SMILES string of the molecule is COCc1ccccc1C(=O)NCc1nn[nH]n1. The topological polar surface area (TPSA) is 92.8 Å². The Balaban J connectivity index is 2.04. The average Bonchev–Trinajstić information content (AvgIpc) is 2.90. The number of benzene rings is 1. The highest BCUT2D eigenvalue weighted by molar-refractivity contribution is 5.95. The summed E-state index contributed by atoms with van der Waals surface area (Å²) >= 11 is 0. The van der Waals surface area contributed by atoms with Crippen LogP contribution < -0.4 is 5.32 Å². The summed E-state index contributed by atoms with van der Waals surface area (Å²) in [6.45, 7) is 0.627. The van der Waals surface area contributed by atoms with E-state index in [0.717, 1.165) is 5.56 Å². The van der Waals surface area contributed by atoms with Gasteiger partial charge >= 0.3 is 0 Å². The van der Waals surface area contributed by atoms with Gasteiger partial charge in [-0.25, -0.2) is 0 Å². The molecule has 1 amide bonds. The van der Waals surface area contributed by atoms with Crippen LogP contribution in [0, 0.1) is 0 Å². The summed E-state index contributed by atoms with van der Waals surface area (Å²) in [7, 11) is 1.59. The van der Waals surface area contributed by atoms with Gasteiger partial charge in [0.1, 0.15) is 0 Å². The monoisotopic (exact) mass is 247 g/mol. The van der Waals surface area contributed by atoms with Crippen molar-refractivity contribution in [1.82, 2.24) is 25.9 Å². The molecule has 0 bridgehead atoms. The molecule has 0 spiro atoms. The highest BCUT2D eigenvalue weighted by Gasteiger charge is 2.11. The zero-order valence-corrected chi connectivity index (χ0v) is 9.88. The van der Waals surface area contributed by atoms with Crippen LogP contribution in [0.25, 0.3) is 0 Å². The molecule has 2 N–H and O–H groups in total. The van der Waals surface area contributed by atoms with Crippen LogP contribution in [0.2, 0.25) is 0 Å². The molecule has 0 fully saturated rings. The zero-order valence-electron chi connectivity index (χ0n) is 9.88. The number of hydrogen-bond donors (Lipinski definition) is 2. The number of hydrogen-bond acceptors (Lipinski definition) is 5.